The maximum Gasteiger partial charge on any atom is 0.407 e. The molecule has 0 aromatic rings. The van der Waals surface area contributed by atoms with Crippen LogP contribution in [0.1, 0.15) is 27.2 Å². The van der Waals surface area contributed by atoms with Crippen LogP contribution in [0.25, 0.3) is 0 Å². The lowest BCUT2D eigenvalue weighted by Gasteiger charge is -2.11. The number of carbonyl (C=O) groups excluding carboxylic acids is 1. The Morgan fingerprint density at radius 3 is 2.50 bits per heavy atom. The van der Waals surface area contributed by atoms with E-state index in [9.17, 15) is 13.6 Å². The van der Waals surface area contributed by atoms with Crippen molar-refractivity contribution in [3.8, 4) is 0 Å². The summed E-state index contributed by atoms with van der Waals surface area (Å²) in [6, 6.07) is -0.429. The fourth-order valence-electron chi connectivity index (χ4n) is 1.31. The number of nitrogens with one attached hydrogen (secondary N) is 1. The highest BCUT2D eigenvalue weighted by atomic mass is 19.3. The predicted molar refractivity (Wildman–Crippen MR) is 47.3 cm³/mol. The average Bonchev–Trinajstić information content (AvgIpc) is 2.62. The predicted octanol–water partition coefficient (Wildman–Crippen LogP) is 2.16. The number of amides is 1. The van der Waals surface area contributed by atoms with Gasteiger partial charge in [0.15, 0.2) is 0 Å². The van der Waals surface area contributed by atoms with Gasteiger partial charge < -0.3 is 10.1 Å². The van der Waals surface area contributed by atoms with Crippen molar-refractivity contribution in [1.29, 1.82) is 0 Å². The molecule has 14 heavy (non-hydrogen) atoms. The van der Waals surface area contributed by atoms with Crippen LogP contribution in [0.2, 0.25) is 0 Å². The van der Waals surface area contributed by atoms with Crippen molar-refractivity contribution >= 4 is 6.09 Å². The Kier molecular flexibility index (Phi) is 2.97. The van der Waals surface area contributed by atoms with Gasteiger partial charge in [-0.05, 0) is 27.2 Å². The Morgan fingerprint density at radius 1 is 1.57 bits per heavy atom. The largest absolute Gasteiger partial charge is 0.447 e. The van der Waals surface area contributed by atoms with Gasteiger partial charge in [0, 0.05) is 12.0 Å². The molecule has 1 amide bonds. The van der Waals surface area contributed by atoms with Gasteiger partial charge in [-0.15, -0.1) is 0 Å². The van der Waals surface area contributed by atoms with E-state index in [1.807, 2.05) is 0 Å². The minimum Gasteiger partial charge on any atom is -0.447 e. The van der Waals surface area contributed by atoms with Crippen molar-refractivity contribution in [3.63, 3.8) is 0 Å². The van der Waals surface area contributed by atoms with Gasteiger partial charge in [0.2, 0.25) is 5.92 Å². The van der Waals surface area contributed by atoms with Crippen molar-refractivity contribution in [2.75, 3.05) is 0 Å². The Bertz CT molecular complexity index is 225. The standard InChI is InChI=1S/C9H15F2NO2/c1-5(2)14-8(13)12-7-4-6(7)9(3,10)11/h5-7H,4H2,1-3H3,(H,12,13)/t6-,7-/m0/s1. The molecule has 2 atom stereocenters. The van der Waals surface area contributed by atoms with Crippen molar-refractivity contribution in [2.24, 2.45) is 5.92 Å². The average molecular weight is 207 g/mol. The molecule has 1 aliphatic carbocycles. The lowest BCUT2D eigenvalue weighted by molar-refractivity contribution is -0.00507. The van der Waals surface area contributed by atoms with E-state index in [1.54, 1.807) is 13.8 Å². The summed E-state index contributed by atoms with van der Waals surface area (Å²) in [6.45, 7) is 4.28. The molecule has 1 rings (SSSR count). The van der Waals surface area contributed by atoms with Crippen LogP contribution >= 0.6 is 0 Å². The first kappa shape index (κ1) is 11.2. The normalized spacial score (nSPS) is 26.1. The number of ether oxygens (including phenoxy) is 1. The van der Waals surface area contributed by atoms with E-state index < -0.39 is 24.0 Å². The van der Waals surface area contributed by atoms with Crippen LogP contribution in [0, 0.1) is 5.92 Å². The molecule has 0 saturated heterocycles. The van der Waals surface area contributed by atoms with Crippen molar-refractivity contribution in [3.05, 3.63) is 0 Å². The van der Waals surface area contributed by atoms with E-state index in [2.05, 4.69) is 5.32 Å². The minimum absolute atomic E-state index is 0.227. The number of rotatable bonds is 3. The fraction of sp³-hybridized carbons (Fsp3) is 0.889. The number of carbonyl (C=O) groups is 1. The van der Waals surface area contributed by atoms with E-state index in [0.29, 0.717) is 6.42 Å². The van der Waals surface area contributed by atoms with Gasteiger partial charge >= 0.3 is 6.09 Å². The highest BCUT2D eigenvalue weighted by molar-refractivity contribution is 5.68. The van der Waals surface area contributed by atoms with Gasteiger partial charge in [-0.1, -0.05) is 0 Å². The highest BCUT2D eigenvalue weighted by Crippen LogP contribution is 2.43. The molecule has 0 heterocycles. The molecular formula is C9H15F2NO2. The summed E-state index contributed by atoms with van der Waals surface area (Å²) in [5, 5.41) is 2.40. The van der Waals surface area contributed by atoms with Crippen LogP contribution in [-0.2, 0) is 4.74 Å². The molecule has 0 aromatic heterocycles. The first-order valence-electron chi connectivity index (χ1n) is 4.65. The smallest absolute Gasteiger partial charge is 0.407 e. The molecule has 3 nitrogen and oxygen atoms in total. The van der Waals surface area contributed by atoms with Crippen LogP contribution in [-0.4, -0.2) is 24.2 Å². The Morgan fingerprint density at radius 2 is 2.14 bits per heavy atom. The number of hydrogen-bond donors (Lipinski definition) is 1. The summed E-state index contributed by atoms with van der Waals surface area (Å²) in [5.41, 5.74) is 0. The fourth-order valence-corrected chi connectivity index (χ4v) is 1.31. The number of hydrogen-bond acceptors (Lipinski definition) is 2. The Labute approximate surface area is 81.8 Å². The molecule has 0 spiro atoms. The number of alkyl carbamates (subject to hydrolysis) is 1. The lowest BCUT2D eigenvalue weighted by Crippen LogP contribution is -2.32. The molecule has 1 aliphatic rings. The zero-order valence-electron chi connectivity index (χ0n) is 8.51. The maximum atomic E-state index is 12.7. The van der Waals surface area contributed by atoms with Crippen molar-refractivity contribution < 1.29 is 18.3 Å². The van der Waals surface area contributed by atoms with Crippen molar-refractivity contribution in [2.45, 2.75) is 45.3 Å². The molecule has 0 bridgehead atoms. The van der Waals surface area contributed by atoms with E-state index in [-0.39, 0.29) is 6.10 Å². The SMILES string of the molecule is CC(C)OC(=O)N[C@H]1C[C@@H]1C(C)(F)F. The number of halogens is 2. The maximum absolute atomic E-state index is 12.7. The first-order chi connectivity index (χ1) is 6.30. The second-order valence-electron chi connectivity index (χ2n) is 4.00. The molecule has 1 fully saturated rings. The van der Waals surface area contributed by atoms with Gasteiger partial charge in [0.05, 0.1) is 6.10 Å². The van der Waals surface area contributed by atoms with Crippen LogP contribution in [0.15, 0.2) is 0 Å². The monoisotopic (exact) mass is 207 g/mol. The second-order valence-corrected chi connectivity index (χ2v) is 4.00. The molecule has 0 aliphatic heterocycles. The summed E-state index contributed by atoms with van der Waals surface area (Å²) in [5.74, 6) is -3.45. The molecule has 0 radical (unpaired) electrons. The Balaban J connectivity index is 2.26. The third-order valence-electron chi connectivity index (χ3n) is 2.09. The van der Waals surface area contributed by atoms with E-state index >= 15 is 0 Å². The van der Waals surface area contributed by atoms with Crippen LogP contribution in [0.3, 0.4) is 0 Å². The third-order valence-corrected chi connectivity index (χ3v) is 2.09. The van der Waals surface area contributed by atoms with Crippen LogP contribution < -0.4 is 5.32 Å². The summed E-state index contributed by atoms with van der Waals surface area (Å²) in [7, 11) is 0. The van der Waals surface area contributed by atoms with Gasteiger partial charge in [0.25, 0.3) is 0 Å². The van der Waals surface area contributed by atoms with Gasteiger partial charge in [-0.25, -0.2) is 13.6 Å². The second kappa shape index (κ2) is 3.71. The molecular weight excluding hydrogens is 192 g/mol. The lowest BCUT2D eigenvalue weighted by atomic mass is 10.2. The number of alkyl halides is 2. The topological polar surface area (TPSA) is 38.3 Å². The molecule has 82 valence electrons. The summed E-state index contributed by atoms with van der Waals surface area (Å²) in [6.07, 6.45) is -0.512. The highest BCUT2D eigenvalue weighted by Gasteiger charge is 2.52. The van der Waals surface area contributed by atoms with Crippen LogP contribution in [0.5, 0.6) is 0 Å². The Hall–Kier alpha value is -0.870. The van der Waals surface area contributed by atoms with Gasteiger partial charge in [-0.2, -0.15) is 0 Å². The summed E-state index contributed by atoms with van der Waals surface area (Å²) in [4.78, 5) is 11.0. The molecule has 1 N–H and O–H groups in total. The van der Waals surface area contributed by atoms with E-state index in [0.717, 1.165) is 6.92 Å². The van der Waals surface area contributed by atoms with Crippen molar-refractivity contribution in [1.82, 2.24) is 5.32 Å². The first-order valence-corrected chi connectivity index (χ1v) is 4.65. The quantitative estimate of drug-likeness (QED) is 0.770. The summed E-state index contributed by atoms with van der Waals surface area (Å²) >= 11 is 0. The van der Waals surface area contributed by atoms with Gasteiger partial charge in [0.1, 0.15) is 0 Å². The molecule has 5 heteroatoms. The van der Waals surface area contributed by atoms with Crippen LogP contribution in [0.4, 0.5) is 13.6 Å². The molecule has 1 saturated carbocycles. The molecule has 0 unspecified atom stereocenters. The zero-order valence-corrected chi connectivity index (χ0v) is 8.51. The minimum atomic E-state index is -2.71. The zero-order chi connectivity index (χ0) is 10.9. The van der Waals surface area contributed by atoms with Gasteiger partial charge in [-0.3, -0.25) is 0 Å². The molecule has 0 aromatic carbocycles. The summed E-state index contributed by atoms with van der Waals surface area (Å²) < 4.78 is 30.1. The third kappa shape index (κ3) is 3.12. The van der Waals surface area contributed by atoms with E-state index in [4.69, 9.17) is 4.74 Å². The van der Waals surface area contributed by atoms with E-state index in [1.165, 1.54) is 0 Å².